The molecule has 3 nitrogen and oxygen atoms in total. The summed E-state index contributed by atoms with van der Waals surface area (Å²) in [7, 11) is -3.46. The average molecular weight is 304 g/mol. The Balaban J connectivity index is 3.04. The molecule has 88 valence electrons. The van der Waals surface area contributed by atoms with Gasteiger partial charge in [0.15, 0.2) is 0 Å². The minimum Gasteiger partial charge on any atom is -0.204 e. The van der Waals surface area contributed by atoms with Crippen LogP contribution in [0.2, 0.25) is 0 Å². The molecule has 16 heavy (non-hydrogen) atoms. The fourth-order valence-corrected chi connectivity index (χ4v) is 1.82. The molecule has 0 aromatic heterocycles. The lowest BCUT2D eigenvalue weighted by Gasteiger charge is -2.14. The molecule has 0 aliphatic rings. The van der Waals surface area contributed by atoms with E-state index in [-0.39, 0.29) is 0 Å². The zero-order chi connectivity index (χ0) is 12.4. The van der Waals surface area contributed by atoms with Gasteiger partial charge in [0.25, 0.3) is 10.0 Å². The fraction of sp³-hybridized carbons (Fsp3) is 0.364. The van der Waals surface area contributed by atoms with Crippen LogP contribution in [0.1, 0.15) is 26.3 Å². The maximum Gasteiger partial charge on any atom is 0.258 e. The zero-order valence-electron chi connectivity index (χ0n) is 9.44. The summed E-state index contributed by atoms with van der Waals surface area (Å²) in [5.74, 6) is 0. The van der Waals surface area contributed by atoms with E-state index in [2.05, 4.69) is 20.3 Å². The van der Waals surface area contributed by atoms with Gasteiger partial charge in [0.2, 0.25) is 0 Å². The van der Waals surface area contributed by atoms with Crippen LogP contribution in [-0.2, 0) is 10.0 Å². The Kier molecular flexibility index (Phi) is 3.91. The van der Waals surface area contributed by atoms with Crippen LogP contribution >= 0.6 is 15.9 Å². The molecule has 0 fully saturated rings. The first-order valence-corrected chi connectivity index (χ1v) is 7.02. The third-order valence-electron chi connectivity index (χ3n) is 2.01. The van der Waals surface area contributed by atoms with E-state index in [0.29, 0.717) is 0 Å². The van der Waals surface area contributed by atoms with Crippen LogP contribution in [0.15, 0.2) is 33.1 Å². The van der Waals surface area contributed by atoms with Crippen LogP contribution in [0.25, 0.3) is 0 Å². The van der Waals surface area contributed by atoms with Crippen molar-refractivity contribution in [2.24, 2.45) is 4.40 Å². The van der Waals surface area contributed by atoms with Crippen LogP contribution in [0.5, 0.6) is 0 Å². The largest absolute Gasteiger partial charge is 0.258 e. The number of halogens is 1. The molecule has 0 spiro atoms. The molecule has 0 amide bonds. The number of rotatable bonds is 2. The van der Waals surface area contributed by atoms with E-state index >= 15 is 0 Å². The van der Waals surface area contributed by atoms with Crippen LogP contribution in [-0.4, -0.2) is 19.4 Å². The van der Waals surface area contributed by atoms with Crippen molar-refractivity contribution < 1.29 is 8.42 Å². The van der Waals surface area contributed by atoms with Crippen molar-refractivity contribution in [3.8, 4) is 0 Å². The van der Waals surface area contributed by atoms with Gasteiger partial charge in [-0.2, -0.15) is 4.40 Å². The predicted octanol–water partition coefficient (Wildman–Crippen LogP) is 3.00. The average Bonchev–Trinajstić information content (AvgIpc) is 2.15. The highest BCUT2D eigenvalue weighted by Gasteiger charge is 2.27. The van der Waals surface area contributed by atoms with E-state index in [0.717, 1.165) is 10.0 Å². The number of benzene rings is 1. The Hall–Kier alpha value is -0.680. The van der Waals surface area contributed by atoms with E-state index in [1.807, 2.05) is 18.2 Å². The molecule has 1 aromatic rings. The minimum atomic E-state index is -3.46. The normalized spacial score (nSPS) is 13.2. The zero-order valence-corrected chi connectivity index (χ0v) is 11.8. The Morgan fingerprint density at radius 1 is 1.25 bits per heavy atom. The molecule has 1 aromatic carbocycles. The van der Waals surface area contributed by atoms with Gasteiger partial charge in [-0.05, 0) is 26.8 Å². The maximum absolute atomic E-state index is 11.7. The van der Waals surface area contributed by atoms with Crippen LogP contribution in [0.4, 0.5) is 0 Å². The molecule has 0 aliphatic carbocycles. The Morgan fingerprint density at radius 2 is 1.81 bits per heavy atom. The molecule has 0 radical (unpaired) electrons. The first-order valence-electron chi connectivity index (χ1n) is 4.78. The van der Waals surface area contributed by atoms with E-state index < -0.39 is 14.8 Å². The lowest BCUT2D eigenvalue weighted by Crippen LogP contribution is -2.25. The molecule has 0 saturated carbocycles. The number of nitrogens with zero attached hydrogens (tertiary/aromatic N) is 1. The lowest BCUT2D eigenvalue weighted by molar-refractivity contribution is 0.562. The van der Waals surface area contributed by atoms with Gasteiger partial charge in [-0.3, -0.25) is 0 Å². The van der Waals surface area contributed by atoms with Crippen molar-refractivity contribution in [2.75, 3.05) is 0 Å². The predicted molar refractivity (Wildman–Crippen MR) is 70.4 cm³/mol. The third-order valence-corrected chi connectivity index (χ3v) is 4.66. The van der Waals surface area contributed by atoms with E-state index in [1.165, 1.54) is 6.21 Å². The SMILES string of the molecule is CC(C)(C)S(=O)(=O)N=Cc1ccccc1Br. The summed E-state index contributed by atoms with van der Waals surface area (Å²) in [5.41, 5.74) is 0.746. The topological polar surface area (TPSA) is 46.5 Å². The first-order chi connectivity index (χ1) is 7.24. The second-order valence-electron chi connectivity index (χ2n) is 4.34. The molecule has 0 heterocycles. The smallest absolute Gasteiger partial charge is 0.204 e. The standard InChI is InChI=1S/C11H14BrNO2S/c1-11(2,3)16(14,15)13-8-9-6-4-5-7-10(9)12/h4-8H,1-3H3. The fourth-order valence-electron chi connectivity index (χ4n) is 0.864. The molecule has 0 bridgehead atoms. The highest BCUT2D eigenvalue weighted by atomic mass is 79.9. The molecular weight excluding hydrogens is 290 g/mol. The number of sulfonamides is 1. The second kappa shape index (κ2) is 4.67. The molecule has 1 rings (SSSR count). The van der Waals surface area contributed by atoms with Gasteiger partial charge < -0.3 is 0 Å². The Morgan fingerprint density at radius 3 is 2.31 bits per heavy atom. The molecule has 0 atom stereocenters. The minimum absolute atomic E-state index is 0.746. The first kappa shape index (κ1) is 13.4. The van der Waals surface area contributed by atoms with E-state index in [1.54, 1.807) is 26.8 Å². The quantitative estimate of drug-likeness (QED) is 0.789. The maximum atomic E-state index is 11.7. The van der Waals surface area contributed by atoms with Gasteiger partial charge in [-0.25, -0.2) is 8.42 Å². The summed E-state index contributed by atoms with van der Waals surface area (Å²) in [6, 6.07) is 7.33. The molecule has 0 N–H and O–H groups in total. The van der Waals surface area contributed by atoms with E-state index in [4.69, 9.17) is 0 Å². The van der Waals surface area contributed by atoms with Crippen LogP contribution in [0.3, 0.4) is 0 Å². The Labute approximate surface area is 105 Å². The number of hydrogen-bond acceptors (Lipinski definition) is 2. The van der Waals surface area contributed by atoms with Gasteiger partial charge in [-0.15, -0.1) is 0 Å². The Bertz CT molecular complexity index is 501. The van der Waals surface area contributed by atoms with Gasteiger partial charge in [0.05, 0.1) is 4.75 Å². The van der Waals surface area contributed by atoms with E-state index in [9.17, 15) is 8.42 Å². The summed E-state index contributed by atoms with van der Waals surface area (Å²) in [6.07, 6.45) is 1.37. The monoisotopic (exact) mass is 303 g/mol. The third kappa shape index (κ3) is 3.15. The van der Waals surface area contributed by atoms with Crippen LogP contribution in [0, 0.1) is 0 Å². The summed E-state index contributed by atoms with van der Waals surface area (Å²) in [5, 5.41) is 0. The summed E-state index contributed by atoms with van der Waals surface area (Å²) >= 11 is 3.33. The van der Waals surface area contributed by atoms with Crippen molar-refractivity contribution in [3.63, 3.8) is 0 Å². The van der Waals surface area contributed by atoms with Gasteiger partial charge >= 0.3 is 0 Å². The second-order valence-corrected chi connectivity index (χ2v) is 7.58. The molecule has 0 saturated heterocycles. The van der Waals surface area contributed by atoms with Crippen molar-refractivity contribution >= 4 is 32.2 Å². The molecule has 0 unspecified atom stereocenters. The molecular formula is C11H14BrNO2S. The van der Waals surface area contributed by atoms with Crippen LogP contribution < -0.4 is 0 Å². The summed E-state index contributed by atoms with van der Waals surface area (Å²) < 4.78 is 27.1. The summed E-state index contributed by atoms with van der Waals surface area (Å²) in [4.78, 5) is 0. The van der Waals surface area contributed by atoms with Crippen molar-refractivity contribution in [2.45, 2.75) is 25.5 Å². The van der Waals surface area contributed by atoms with Crippen molar-refractivity contribution in [1.82, 2.24) is 0 Å². The highest BCUT2D eigenvalue weighted by Crippen LogP contribution is 2.18. The van der Waals surface area contributed by atoms with Crippen molar-refractivity contribution in [1.29, 1.82) is 0 Å². The number of hydrogen-bond donors (Lipinski definition) is 0. The molecule has 5 heteroatoms. The molecule has 0 aliphatic heterocycles. The van der Waals surface area contributed by atoms with Crippen molar-refractivity contribution in [3.05, 3.63) is 34.3 Å². The lowest BCUT2D eigenvalue weighted by atomic mass is 10.2. The van der Waals surface area contributed by atoms with Gasteiger partial charge in [-0.1, -0.05) is 34.1 Å². The summed E-state index contributed by atoms with van der Waals surface area (Å²) in [6.45, 7) is 4.87. The van der Waals surface area contributed by atoms with Gasteiger partial charge in [0, 0.05) is 16.3 Å². The highest BCUT2D eigenvalue weighted by molar-refractivity contribution is 9.10. The van der Waals surface area contributed by atoms with Gasteiger partial charge in [0.1, 0.15) is 0 Å².